The molecule has 11 nitrogen and oxygen atoms in total. The van der Waals surface area contributed by atoms with E-state index in [-0.39, 0.29) is 42.6 Å². The summed E-state index contributed by atoms with van der Waals surface area (Å²) in [6.07, 6.45) is -3.65. The Morgan fingerprint density at radius 3 is 2.41 bits per heavy atom. The third kappa shape index (κ3) is 8.87. The van der Waals surface area contributed by atoms with Gasteiger partial charge in [0.05, 0.1) is 11.8 Å². The lowest BCUT2D eigenvalue weighted by Crippen LogP contribution is -2.33. The Hall–Kier alpha value is -3.82. The number of aryl methyl sites for hydroxylation is 1. The van der Waals surface area contributed by atoms with Gasteiger partial charge in [-0.2, -0.15) is 21.6 Å². The minimum absolute atomic E-state index is 0.0440. The van der Waals surface area contributed by atoms with E-state index in [0.717, 1.165) is 12.5 Å². The Kier molecular flexibility index (Phi) is 9.42. The number of rotatable bonds is 13. The highest BCUT2D eigenvalue weighted by Crippen LogP contribution is 2.31. The van der Waals surface area contributed by atoms with E-state index in [1.807, 2.05) is 0 Å². The van der Waals surface area contributed by atoms with Crippen molar-refractivity contribution >= 4 is 16.0 Å². The first kappa shape index (κ1) is 29.7. The van der Waals surface area contributed by atoms with Crippen LogP contribution in [0.3, 0.4) is 0 Å². The maximum Gasteiger partial charge on any atom is 0.434 e. The second kappa shape index (κ2) is 12.4. The normalized spacial score (nSPS) is 12.7. The lowest BCUT2D eigenvalue weighted by molar-refractivity contribution is -0.140. The average Bonchev–Trinajstić information content (AvgIpc) is 3.24. The smallest absolute Gasteiger partial charge is 0.434 e. The molecule has 39 heavy (non-hydrogen) atoms. The lowest BCUT2D eigenvalue weighted by atomic mass is 10.2. The van der Waals surface area contributed by atoms with Gasteiger partial charge in [0.15, 0.2) is 11.4 Å². The van der Waals surface area contributed by atoms with E-state index in [2.05, 4.69) is 10.3 Å². The summed E-state index contributed by atoms with van der Waals surface area (Å²) in [5.41, 5.74) is 4.62. The maximum absolute atomic E-state index is 12.9. The number of halogens is 3. The van der Waals surface area contributed by atoms with Crippen LogP contribution in [0, 0.1) is 0 Å². The highest BCUT2D eigenvalue weighted by molar-refractivity contribution is 7.86. The van der Waals surface area contributed by atoms with Gasteiger partial charge in [-0.05, 0) is 42.5 Å². The molecule has 4 N–H and O–H groups in total. The largest absolute Gasteiger partial charge is 0.492 e. The number of benzene rings is 2. The van der Waals surface area contributed by atoms with Crippen molar-refractivity contribution in [3.05, 3.63) is 59.9 Å². The fourth-order valence-electron chi connectivity index (χ4n) is 3.36. The summed E-state index contributed by atoms with van der Waals surface area (Å²) < 4.78 is 78.3. The lowest BCUT2D eigenvalue weighted by Gasteiger charge is -2.14. The zero-order valence-electron chi connectivity index (χ0n) is 20.9. The fourth-order valence-corrected chi connectivity index (χ4v) is 3.83. The van der Waals surface area contributed by atoms with E-state index in [1.165, 1.54) is 29.8 Å². The molecule has 0 bridgehead atoms. The number of alkyl halides is 3. The first-order valence-corrected chi connectivity index (χ1v) is 13.2. The molecular weight excluding hydrogens is 545 g/mol. The van der Waals surface area contributed by atoms with Crippen molar-refractivity contribution in [3.8, 4) is 28.6 Å². The van der Waals surface area contributed by atoms with Crippen molar-refractivity contribution in [1.29, 1.82) is 0 Å². The number of hydrogen-bond donors (Lipinski definition) is 3. The molecule has 0 saturated heterocycles. The number of aliphatic hydroxyl groups excluding tert-OH is 1. The molecule has 1 heterocycles. The van der Waals surface area contributed by atoms with Crippen LogP contribution < -0.4 is 24.7 Å². The Morgan fingerprint density at radius 2 is 1.82 bits per heavy atom. The zero-order chi connectivity index (χ0) is 28.8. The quantitative estimate of drug-likeness (QED) is 0.206. The van der Waals surface area contributed by atoms with Crippen LogP contribution in [0.25, 0.3) is 11.4 Å². The summed E-state index contributed by atoms with van der Waals surface area (Å²) in [5, 5.41) is 13.1. The first-order chi connectivity index (χ1) is 18.2. The second-order valence-corrected chi connectivity index (χ2v) is 9.98. The van der Waals surface area contributed by atoms with Crippen molar-refractivity contribution in [3.63, 3.8) is 0 Å². The minimum Gasteiger partial charge on any atom is -0.492 e. The summed E-state index contributed by atoms with van der Waals surface area (Å²) >= 11 is 0. The van der Waals surface area contributed by atoms with Crippen LogP contribution in [-0.4, -0.2) is 67.6 Å². The molecule has 0 saturated carbocycles. The standard InChI is InChI=1S/C24H27F3N4O7S/c1-31-13-21(24(25,26)27)30-23(31)15-3-5-17(6-4-15)37-14-16(32)12-29-9-10-36-18-7-8-20(38-39(2,34)35)19(11-18)22(28)33/h3-8,11,13,16,29,32H,9-10,12,14H2,1-2H3,(H2,28,33). The average molecular weight is 573 g/mol. The topological polar surface area (TPSA) is 155 Å². The Balaban J connectivity index is 1.41. The van der Waals surface area contributed by atoms with Gasteiger partial charge >= 0.3 is 16.3 Å². The number of amides is 1. The number of nitrogens with one attached hydrogen (secondary N) is 1. The van der Waals surface area contributed by atoms with Gasteiger partial charge in [-0.25, -0.2) is 4.98 Å². The van der Waals surface area contributed by atoms with Gasteiger partial charge in [-0.1, -0.05) is 0 Å². The number of hydrogen-bond acceptors (Lipinski definition) is 9. The van der Waals surface area contributed by atoms with E-state index < -0.39 is 34.0 Å². The molecule has 1 atom stereocenters. The van der Waals surface area contributed by atoms with E-state index in [0.29, 0.717) is 17.9 Å². The van der Waals surface area contributed by atoms with Crippen LogP contribution in [0.2, 0.25) is 0 Å². The summed E-state index contributed by atoms with van der Waals surface area (Å²) in [7, 11) is -2.38. The summed E-state index contributed by atoms with van der Waals surface area (Å²) in [6.45, 7) is 0.603. The zero-order valence-corrected chi connectivity index (χ0v) is 21.8. The highest BCUT2D eigenvalue weighted by atomic mass is 32.2. The highest BCUT2D eigenvalue weighted by Gasteiger charge is 2.34. The number of nitrogens with two attached hydrogens (primary N) is 1. The van der Waals surface area contributed by atoms with Gasteiger partial charge in [0, 0.05) is 31.9 Å². The molecule has 212 valence electrons. The van der Waals surface area contributed by atoms with E-state index in [1.54, 1.807) is 24.3 Å². The van der Waals surface area contributed by atoms with Crippen molar-refractivity contribution in [2.75, 3.05) is 32.6 Å². The SMILES string of the molecule is Cn1cc(C(F)(F)F)nc1-c1ccc(OCC(O)CNCCOc2ccc(OS(C)(=O)=O)c(C(N)=O)c2)cc1. The number of carbonyl (C=O) groups excluding carboxylic acids is 1. The van der Waals surface area contributed by atoms with E-state index >= 15 is 0 Å². The van der Waals surface area contributed by atoms with Crippen LogP contribution >= 0.6 is 0 Å². The number of ether oxygens (including phenoxy) is 2. The number of primary amides is 1. The Morgan fingerprint density at radius 1 is 1.15 bits per heavy atom. The molecule has 3 rings (SSSR count). The summed E-state index contributed by atoms with van der Waals surface area (Å²) in [4.78, 5) is 15.2. The number of aliphatic hydroxyl groups is 1. The van der Waals surface area contributed by atoms with Crippen LogP contribution in [0.15, 0.2) is 48.7 Å². The molecule has 0 radical (unpaired) electrons. The molecule has 0 spiro atoms. The van der Waals surface area contributed by atoms with Crippen molar-refractivity contribution < 1.29 is 45.1 Å². The molecule has 1 aromatic heterocycles. The van der Waals surface area contributed by atoms with Gasteiger partial charge < -0.3 is 34.4 Å². The van der Waals surface area contributed by atoms with Crippen LogP contribution in [0.1, 0.15) is 16.1 Å². The van der Waals surface area contributed by atoms with Gasteiger partial charge in [-0.15, -0.1) is 0 Å². The molecule has 15 heteroatoms. The van der Waals surface area contributed by atoms with Gasteiger partial charge in [0.1, 0.15) is 36.6 Å². The summed E-state index contributed by atoms with van der Waals surface area (Å²) in [5.74, 6) is -0.258. The number of imidazole rings is 1. The molecule has 1 unspecified atom stereocenters. The van der Waals surface area contributed by atoms with Gasteiger partial charge in [0.25, 0.3) is 5.91 Å². The first-order valence-electron chi connectivity index (χ1n) is 11.4. The Labute approximate surface area is 222 Å². The fraction of sp³-hybridized carbons (Fsp3) is 0.333. The minimum atomic E-state index is -4.54. The predicted molar refractivity (Wildman–Crippen MR) is 134 cm³/mol. The van der Waals surface area contributed by atoms with Crippen LogP contribution in [0.5, 0.6) is 17.2 Å². The maximum atomic E-state index is 12.9. The molecule has 0 aliphatic heterocycles. The van der Waals surface area contributed by atoms with Gasteiger partial charge in [0.2, 0.25) is 0 Å². The number of nitrogens with zero attached hydrogens (tertiary/aromatic N) is 2. The third-order valence-electron chi connectivity index (χ3n) is 5.11. The molecule has 2 aromatic carbocycles. The monoisotopic (exact) mass is 572 g/mol. The van der Waals surface area contributed by atoms with Crippen molar-refractivity contribution in [2.24, 2.45) is 12.8 Å². The third-order valence-corrected chi connectivity index (χ3v) is 5.59. The van der Waals surface area contributed by atoms with Crippen molar-refractivity contribution in [1.82, 2.24) is 14.9 Å². The van der Waals surface area contributed by atoms with Crippen LogP contribution in [0.4, 0.5) is 13.2 Å². The Bertz CT molecular complexity index is 1390. The van der Waals surface area contributed by atoms with E-state index in [9.17, 15) is 31.5 Å². The second-order valence-electron chi connectivity index (χ2n) is 8.41. The molecular formula is C24H27F3N4O7S. The predicted octanol–water partition coefficient (Wildman–Crippen LogP) is 1.95. The number of carbonyl (C=O) groups is 1. The van der Waals surface area contributed by atoms with E-state index in [4.69, 9.17) is 19.4 Å². The van der Waals surface area contributed by atoms with Crippen LogP contribution in [-0.2, 0) is 23.3 Å². The molecule has 0 aliphatic rings. The number of aromatic nitrogens is 2. The molecule has 0 aliphatic carbocycles. The van der Waals surface area contributed by atoms with Gasteiger partial charge in [-0.3, -0.25) is 4.79 Å². The van der Waals surface area contributed by atoms with Crippen molar-refractivity contribution in [2.45, 2.75) is 12.3 Å². The molecule has 0 fully saturated rings. The molecule has 3 aromatic rings. The summed E-state index contributed by atoms with van der Waals surface area (Å²) in [6, 6.07) is 10.2. The molecule has 1 amide bonds.